The molecule has 0 spiro atoms. The Morgan fingerprint density at radius 1 is 0.635 bits per heavy atom. The van der Waals surface area contributed by atoms with E-state index in [1.807, 2.05) is 60.7 Å². The fraction of sp³-hybridized carbons (Fsp3) is 0.360. The van der Waals surface area contributed by atoms with Gasteiger partial charge in [0.05, 0.1) is 33.0 Å². The van der Waals surface area contributed by atoms with Crippen LogP contribution in [-0.2, 0) is 44.1 Å². The number of carbonyl (C=O) groups is 3. The van der Waals surface area contributed by atoms with E-state index in [4.69, 9.17) is 35.2 Å². The van der Waals surface area contributed by atoms with Crippen molar-refractivity contribution in [1.82, 2.24) is 9.97 Å². The number of hydrogen-bond acceptors (Lipinski definition) is 10. The highest BCUT2D eigenvalue weighted by molar-refractivity contribution is 6.06. The van der Waals surface area contributed by atoms with E-state index in [0.29, 0.717) is 34.8 Å². The second-order valence-corrected chi connectivity index (χ2v) is 19.1. The zero-order chi connectivity index (χ0) is 45.1. The van der Waals surface area contributed by atoms with Gasteiger partial charge >= 0.3 is 0 Å². The maximum absolute atomic E-state index is 13.4. The monoisotopic (exact) mass is 852 g/mol. The number of nitrogens with one attached hydrogen (secondary N) is 2. The molecule has 4 aliphatic rings. The molecule has 0 atom stereocenters. The number of benzene rings is 4. The van der Waals surface area contributed by atoms with Gasteiger partial charge in [0.25, 0.3) is 5.91 Å². The Balaban J connectivity index is 0.000000166. The van der Waals surface area contributed by atoms with Gasteiger partial charge in [0, 0.05) is 45.8 Å². The predicted octanol–water partition coefficient (Wildman–Crippen LogP) is 9.06. The number of ether oxygens (including phenoxy) is 4. The van der Waals surface area contributed by atoms with Gasteiger partial charge in [-0.25, -0.2) is 0 Å². The van der Waals surface area contributed by atoms with Crippen LogP contribution in [0.25, 0.3) is 21.8 Å². The highest BCUT2D eigenvalue weighted by Crippen LogP contribution is 2.53. The molecule has 13 heteroatoms. The van der Waals surface area contributed by atoms with Gasteiger partial charge < -0.3 is 34.6 Å². The molecule has 6 aromatic rings. The van der Waals surface area contributed by atoms with Gasteiger partial charge in [-0.3, -0.25) is 24.9 Å². The fourth-order valence-electron chi connectivity index (χ4n) is 8.71. The number of fused-ring (bicyclic) bond motifs is 4. The van der Waals surface area contributed by atoms with Crippen LogP contribution in [0.1, 0.15) is 117 Å². The molecule has 13 nitrogen and oxygen atoms in total. The van der Waals surface area contributed by atoms with Crippen molar-refractivity contribution in [3.63, 3.8) is 0 Å². The molecule has 2 aliphatic heterocycles. The molecule has 0 unspecified atom stereocenters. The standard InChI is InChI=1S/C25H26N2O4.C25H24N2O3.H2O2/c1-24(2,3)20-11-15-8-14(9-17(23(26)29)22(15)27-20)10-21(28)25(6-7-25)16-4-5-18-19(12-16)31-13-30-18;1-24(2,3)21-11-16-8-15(9-17(13-26)23(16)27-21)10-22(28)25(6-7-25)18-4-5-19-20(12-18)30-14-29-19;1-2/h4-5,8-9,11-12,27H,6-7,10,13H2,1-3H3,(H2,26,29);4-5,8-9,11-12,27H,6-7,10,14H2,1-3H3;1-2H. The number of primary amides is 1. The molecule has 0 saturated heterocycles. The summed E-state index contributed by atoms with van der Waals surface area (Å²) in [7, 11) is 0. The first kappa shape index (κ1) is 43.0. The summed E-state index contributed by atoms with van der Waals surface area (Å²) < 4.78 is 21.8. The molecule has 326 valence electrons. The van der Waals surface area contributed by atoms with Crippen LogP contribution in [0, 0.1) is 11.3 Å². The molecule has 2 saturated carbocycles. The SMILES string of the molecule is CC(C)(C)c1cc2cc(CC(=O)C3(c4ccc5c(c4)OCO5)CC3)cc(C#N)c2[nH]1.CC(C)(C)c1cc2cc(CC(=O)C3(c4ccc5c(c4)OCO5)CC3)cc(C(N)=O)c2[nH]1.OO. The number of hydrogen-bond donors (Lipinski definition) is 5. The van der Waals surface area contributed by atoms with Gasteiger partial charge in [0.15, 0.2) is 23.0 Å². The number of ketones is 2. The molecule has 6 N–H and O–H groups in total. The molecule has 0 bridgehead atoms. The molecular formula is C50H52N4O9. The Kier molecular flexibility index (Phi) is 10.9. The van der Waals surface area contributed by atoms with E-state index in [0.717, 1.165) is 86.9 Å². The average Bonchev–Trinajstić information content (AvgIpc) is 3.93. The molecule has 0 radical (unpaired) electrons. The highest BCUT2D eigenvalue weighted by atomic mass is 17.0. The number of aromatic amines is 2. The van der Waals surface area contributed by atoms with Crippen LogP contribution in [-0.4, -0.2) is 51.5 Å². The van der Waals surface area contributed by atoms with Crippen molar-refractivity contribution in [3.8, 4) is 29.1 Å². The molecule has 4 heterocycles. The minimum Gasteiger partial charge on any atom is -0.454 e. The molecule has 2 aromatic heterocycles. The first-order valence-corrected chi connectivity index (χ1v) is 21.1. The van der Waals surface area contributed by atoms with Crippen LogP contribution >= 0.6 is 0 Å². The Bertz CT molecular complexity index is 2840. The third-order valence-corrected chi connectivity index (χ3v) is 12.7. The number of aromatic nitrogens is 2. The molecule has 10 rings (SSSR count). The number of amides is 1. The number of nitrogens with two attached hydrogens (primary N) is 1. The van der Waals surface area contributed by atoms with E-state index in [2.05, 4.69) is 63.6 Å². The first-order chi connectivity index (χ1) is 30.0. The summed E-state index contributed by atoms with van der Waals surface area (Å²) in [6.07, 6.45) is 3.88. The van der Waals surface area contributed by atoms with Crippen molar-refractivity contribution in [2.45, 2.75) is 102 Å². The van der Waals surface area contributed by atoms with E-state index >= 15 is 0 Å². The predicted molar refractivity (Wildman–Crippen MR) is 237 cm³/mol. The largest absolute Gasteiger partial charge is 0.454 e. The van der Waals surface area contributed by atoms with E-state index in [9.17, 15) is 19.6 Å². The lowest BCUT2D eigenvalue weighted by Crippen LogP contribution is -2.23. The number of nitriles is 1. The Morgan fingerprint density at radius 3 is 1.49 bits per heavy atom. The molecular weight excluding hydrogens is 801 g/mol. The lowest BCUT2D eigenvalue weighted by Gasteiger charge is -2.16. The van der Waals surface area contributed by atoms with Crippen molar-refractivity contribution in [2.75, 3.05) is 13.6 Å². The van der Waals surface area contributed by atoms with Crippen LogP contribution in [0.3, 0.4) is 0 Å². The van der Waals surface area contributed by atoms with Gasteiger partial charge in [-0.15, -0.1) is 0 Å². The summed E-state index contributed by atoms with van der Waals surface area (Å²) in [5, 5.41) is 23.5. The van der Waals surface area contributed by atoms with E-state index in [1.54, 1.807) is 6.07 Å². The number of H-pyrrole nitrogens is 2. The van der Waals surface area contributed by atoms with Gasteiger partial charge in [-0.1, -0.05) is 53.7 Å². The normalized spacial score (nSPS) is 16.0. The number of Topliss-reactive ketones (excluding diaryl/α,β-unsaturated/α-hetero) is 2. The minimum atomic E-state index is -0.501. The van der Waals surface area contributed by atoms with Gasteiger partial charge in [0.2, 0.25) is 13.6 Å². The zero-order valence-corrected chi connectivity index (χ0v) is 36.4. The first-order valence-electron chi connectivity index (χ1n) is 21.1. The number of nitrogens with zero attached hydrogens (tertiary/aromatic N) is 1. The zero-order valence-electron chi connectivity index (χ0n) is 36.4. The maximum atomic E-state index is 13.4. The van der Waals surface area contributed by atoms with Crippen LogP contribution in [0.2, 0.25) is 0 Å². The molecule has 2 fully saturated rings. The topological polar surface area (TPSA) is 210 Å². The Hall–Kier alpha value is -6.62. The lowest BCUT2D eigenvalue weighted by atomic mass is 9.87. The smallest absolute Gasteiger partial charge is 0.250 e. The highest BCUT2D eigenvalue weighted by Gasteiger charge is 2.52. The van der Waals surface area contributed by atoms with Crippen molar-refractivity contribution in [2.24, 2.45) is 5.73 Å². The van der Waals surface area contributed by atoms with Crippen LogP contribution in [0.5, 0.6) is 23.0 Å². The minimum absolute atomic E-state index is 0.0425. The van der Waals surface area contributed by atoms with Gasteiger partial charge in [0.1, 0.15) is 17.6 Å². The van der Waals surface area contributed by atoms with Gasteiger partial charge in [-0.05, 0) is 109 Å². The second kappa shape index (κ2) is 15.9. The molecule has 4 aromatic carbocycles. The van der Waals surface area contributed by atoms with Crippen molar-refractivity contribution in [3.05, 3.63) is 118 Å². The van der Waals surface area contributed by atoms with E-state index in [-0.39, 0.29) is 42.4 Å². The second-order valence-electron chi connectivity index (χ2n) is 19.1. The van der Waals surface area contributed by atoms with E-state index in [1.165, 1.54) is 0 Å². The van der Waals surface area contributed by atoms with Gasteiger partial charge in [-0.2, -0.15) is 5.26 Å². The molecule has 63 heavy (non-hydrogen) atoms. The summed E-state index contributed by atoms with van der Waals surface area (Å²) in [6.45, 7) is 13.2. The Morgan fingerprint density at radius 2 is 1.06 bits per heavy atom. The number of rotatable bonds is 9. The molecule has 1 amide bonds. The summed E-state index contributed by atoms with van der Waals surface area (Å²) in [5.41, 5.74) is 12.9. The fourth-order valence-corrected chi connectivity index (χ4v) is 8.71. The van der Waals surface area contributed by atoms with Crippen molar-refractivity contribution in [1.29, 1.82) is 5.26 Å². The van der Waals surface area contributed by atoms with Crippen LogP contribution in [0.4, 0.5) is 0 Å². The average molecular weight is 853 g/mol. The lowest BCUT2D eigenvalue weighted by molar-refractivity contribution is -0.176. The Labute approximate surface area is 365 Å². The molecule has 2 aliphatic carbocycles. The third-order valence-electron chi connectivity index (χ3n) is 12.7. The summed E-state index contributed by atoms with van der Waals surface area (Å²) in [5.74, 6) is 2.68. The van der Waals surface area contributed by atoms with Crippen LogP contribution < -0.4 is 24.7 Å². The van der Waals surface area contributed by atoms with Crippen molar-refractivity contribution < 1.29 is 43.8 Å². The summed E-state index contributed by atoms with van der Waals surface area (Å²) in [4.78, 5) is 45.6. The summed E-state index contributed by atoms with van der Waals surface area (Å²) in [6, 6.07) is 25.6. The van der Waals surface area contributed by atoms with Crippen molar-refractivity contribution >= 4 is 39.3 Å². The summed E-state index contributed by atoms with van der Waals surface area (Å²) >= 11 is 0. The quantitative estimate of drug-likeness (QED) is 0.0688. The van der Waals surface area contributed by atoms with E-state index < -0.39 is 16.7 Å². The van der Waals surface area contributed by atoms with Crippen LogP contribution in [0.15, 0.2) is 72.8 Å². The maximum Gasteiger partial charge on any atom is 0.250 e. The third kappa shape index (κ3) is 8.12. The number of carbonyl (C=O) groups excluding carboxylic acids is 3.